The zero-order valence-electron chi connectivity index (χ0n) is 72.9. The lowest BCUT2D eigenvalue weighted by atomic mass is 9.81. The van der Waals surface area contributed by atoms with Gasteiger partial charge in [-0.25, -0.2) is 0 Å². The lowest BCUT2D eigenvalue weighted by molar-refractivity contribution is 0.103. The van der Waals surface area contributed by atoms with E-state index in [1.807, 2.05) is 98.7 Å². The largest absolute Gasteiger partial charge is 0.508 e. The highest BCUT2D eigenvalue weighted by molar-refractivity contribution is 6.10. The van der Waals surface area contributed by atoms with E-state index in [4.69, 9.17) is 23.7 Å². The Morgan fingerprint density at radius 3 is 0.832 bits per heavy atom. The molecule has 0 radical (unpaired) electrons. The topological polar surface area (TPSA) is 334 Å². The number of phenols is 10. The number of carbonyl (C=O) groups excluding carboxylic acids is 5. The standard InChI is InChI=1S/C22H26O4.C22H24O4.C21H22O4.C20H22O4.C20H20O4/c2*1-5-22(3,4)18-13-16(21(26-6-2)14-20(18)25)9-12-19(24)15-7-10-17(23)11-8-15;1-3-5-6-16-13-17(21(25-4-2)14-20(16)24)9-12-19(23)15-7-10-18(22)11-8-15;2*1-3-5-15-12-16(20(24-4-2)13-19(15)23)8-11-18(22)14-6-9-17(21)10-7-14/h7-14,23,25H,5-6H2,1-4H3;5,7-14,23,25H,1,6H2,2-4H3;3,5,7-14,22,24H,4,6H2,1-2H3;6-13,21,23H,3-5H2,1-2H3;3,6-13,21,23H,1,4-5H2,2H3. The summed E-state index contributed by atoms with van der Waals surface area (Å²) in [7, 11) is 0. The number of benzene rings is 10. The quantitative estimate of drug-likeness (QED) is 0.0100. The first-order chi connectivity index (χ1) is 59.7. The molecule has 0 atom stereocenters. The third kappa shape index (κ3) is 30.5. The van der Waals surface area contributed by atoms with Crippen LogP contribution < -0.4 is 23.7 Å². The van der Waals surface area contributed by atoms with E-state index in [0.717, 1.165) is 52.6 Å². The second-order valence-corrected chi connectivity index (χ2v) is 29.4. The van der Waals surface area contributed by atoms with Crippen LogP contribution in [-0.4, -0.2) is 113 Å². The molecule has 0 unspecified atom stereocenters. The van der Waals surface area contributed by atoms with E-state index in [0.29, 0.717) is 125 Å². The molecule has 0 aromatic heterocycles. The Labute approximate surface area is 732 Å². The van der Waals surface area contributed by atoms with Crippen molar-refractivity contribution in [3.8, 4) is 86.2 Å². The minimum atomic E-state index is -0.432. The Balaban J connectivity index is 0.000000242. The first-order valence-electron chi connectivity index (χ1n) is 41.1. The van der Waals surface area contributed by atoms with E-state index in [1.54, 1.807) is 140 Å². The Kier molecular flexibility index (Phi) is 39.2. The zero-order valence-corrected chi connectivity index (χ0v) is 72.9. The number of rotatable bonds is 35. The summed E-state index contributed by atoms with van der Waals surface area (Å²) in [6.45, 7) is 33.1. The van der Waals surface area contributed by atoms with Crippen LogP contribution in [0.4, 0.5) is 0 Å². The maximum atomic E-state index is 12.3. The van der Waals surface area contributed by atoms with Gasteiger partial charge in [0, 0.05) is 103 Å². The van der Waals surface area contributed by atoms with Crippen molar-refractivity contribution in [3.63, 3.8) is 0 Å². The van der Waals surface area contributed by atoms with Crippen molar-refractivity contribution in [1.82, 2.24) is 0 Å². The van der Waals surface area contributed by atoms with E-state index in [2.05, 4.69) is 33.9 Å². The number of ketones is 5. The van der Waals surface area contributed by atoms with E-state index in [1.165, 1.54) is 91.0 Å². The molecule has 0 amide bonds. The molecule has 654 valence electrons. The number of hydrogen-bond donors (Lipinski definition) is 10. The van der Waals surface area contributed by atoms with Crippen molar-refractivity contribution in [1.29, 1.82) is 0 Å². The van der Waals surface area contributed by atoms with Crippen LogP contribution in [0.5, 0.6) is 86.2 Å². The summed E-state index contributed by atoms with van der Waals surface area (Å²) in [6, 6.07) is 47.5. The number of hydrogen-bond acceptors (Lipinski definition) is 20. The van der Waals surface area contributed by atoms with Gasteiger partial charge in [-0.1, -0.05) is 72.3 Å². The predicted molar refractivity (Wildman–Crippen MR) is 497 cm³/mol. The molecule has 0 saturated heterocycles. The molecule has 10 N–H and O–H groups in total. The Morgan fingerprint density at radius 2 is 0.576 bits per heavy atom. The van der Waals surface area contributed by atoms with Gasteiger partial charge in [-0.15, -0.1) is 13.2 Å². The molecule has 0 heterocycles. The Bertz CT molecular complexity index is 5490. The van der Waals surface area contributed by atoms with Gasteiger partial charge >= 0.3 is 0 Å². The molecule has 0 spiro atoms. The summed E-state index contributed by atoms with van der Waals surface area (Å²) in [5, 5.41) is 97.4. The third-order valence-electron chi connectivity index (χ3n) is 19.5. The minimum absolute atomic E-state index is 0.110. The highest BCUT2D eigenvalue weighted by atomic mass is 16.5. The molecule has 10 rings (SSSR count). The van der Waals surface area contributed by atoms with Crippen LogP contribution in [0.25, 0.3) is 30.4 Å². The van der Waals surface area contributed by atoms with Crippen LogP contribution in [-0.2, 0) is 30.1 Å². The molecule has 0 fully saturated rings. The summed E-state index contributed by atoms with van der Waals surface area (Å²) in [6.07, 6.45) is 26.7. The highest BCUT2D eigenvalue weighted by Crippen LogP contribution is 2.41. The molecule has 125 heavy (non-hydrogen) atoms. The van der Waals surface area contributed by atoms with Crippen molar-refractivity contribution in [3.05, 3.63) is 333 Å². The molecule has 20 heteroatoms. The molecule has 0 saturated carbocycles. The van der Waals surface area contributed by atoms with E-state index < -0.39 is 5.41 Å². The normalized spacial score (nSPS) is 11.2. The van der Waals surface area contributed by atoms with Gasteiger partial charge in [-0.2, -0.15) is 0 Å². The van der Waals surface area contributed by atoms with E-state index >= 15 is 0 Å². The number of aromatic hydroxyl groups is 10. The van der Waals surface area contributed by atoms with Crippen LogP contribution in [0.15, 0.2) is 250 Å². The van der Waals surface area contributed by atoms with Gasteiger partial charge in [0.2, 0.25) is 0 Å². The number of phenolic OH excluding ortho intramolecular Hbond substituents is 10. The summed E-state index contributed by atoms with van der Waals surface area (Å²) in [5.41, 5.74) is 9.25. The van der Waals surface area contributed by atoms with Gasteiger partial charge in [0.15, 0.2) is 28.9 Å². The molecule has 0 aliphatic carbocycles. The smallest absolute Gasteiger partial charge is 0.185 e. The van der Waals surface area contributed by atoms with Gasteiger partial charge in [-0.3, -0.25) is 24.0 Å². The third-order valence-corrected chi connectivity index (χ3v) is 19.5. The lowest BCUT2D eigenvalue weighted by Crippen LogP contribution is -2.16. The maximum absolute atomic E-state index is 12.3. The molecular formula is C105H114O20. The van der Waals surface area contributed by atoms with Crippen molar-refractivity contribution in [2.45, 2.75) is 126 Å². The summed E-state index contributed by atoms with van der Waals surface area (Å²) in [4.78, 5) is 61.3. The second kappa shape index (κ2) is 49.4. The molecular weight excluding hydrogens is 1580 g/mol. The fourth-order valence-electron chi connectivity index (χ4n) is 12.1. The average molecular weight is 1700 g/mol. The van der Waals surface area contributed by atoms with Crippen LogP contribution in [0.2, 0.25) is 0 Å². The fraction of sp³-hybridized carbons (Fsp3) is 0.229. The first kappa shape index (κ1) is 99.3. The van der Waals surface area contributed by atoms with Gasteiger partial charge in [0.25, 0.3) is 0 Å². The van der Waals surface area contributed by atoms with Gasteiger partial charge in [-0.05, 0) is 302 Å². The molecule has 20 nitrogen and oxygen atoms in total. The van der Waals surface area contributed by atoms with Crippen molar-refractivity contribution in [2.24, 2.45) is 0 Å². The summed E-state index contributed by atoms with van der Waals surface area (Å²) in [5.74, 6) is 3.16. The van der Waals surface area contributed by atoms with Crippen molar-refractivity contribution in [2.75, 3.05) is 33.0 Å². The minimum Gasteiger partial charge on any atom is -0.508 e. The summed E-state index contributed by atoms with van der Waals surface area (Å²) >= 11 is 0. The molecule has 0 aliphatic heterocycles. The van der Waals surface area contributed by atoms with Crippen molar-refractivity contribution >= 4 is 59.3 Å². The average Bonchev–Trinajstić information content (AvgIpc) is 0.804. The number of aryl methyl sites for hydroxylation is 1. The van der Waals surface area contributed by atoms with E-state index in [-0.39, 0.29) is 91.8 Å². The van der Waals surface area contributed by atoms with Crippen LogP contribution in [0.1, 0.15) is 203 Å². The SMILES string of the molecule is C=CC(C)(C)c1cc(C=CC(=O)c2ccc(O)cc2)c(OCC)cc1O.C=CCc1cc(C=CC(=O)c2ccc(O)cc2)c(OCC)cc1O.CC=CCc1cc(C=CC(=O)c2ccc(O)cc2)c(OCC)cc1O.CCCc1cc(C=CC(=O)c2ccc(O)cc2)c(OCC)cc1O.CCOc1cc(O)c(C(C)(C)CC)cc1C=CC(=O)c1ccc(O)cc1. The monoisotopic (exact) mass is 1690 g/mol. The second-order valence-electron chi connectivity index (χ2n) is 29.4. The molecule has 0 bridgehead atoms. The van der Waals surface area contributed by atoms with Gasteiger partial charge in [0.1, 0.15) is 86.2 Å². The van der Waals surface area contributed by atoms with E-state index in [9.17, 15) is 75.0 Å². The Morgan fingerprint density at radius 1 is 0.328 bits per heavy atom. The lowest BCUT2D eigenvalue weighted by Gasteiger charge is -2.25. The molecule has 0 aliphatic rings. The molecule has 10 aromatic carbocycles. The maximum Gasteiger partial charge on any atom is 0.185 e. The van der Waals surface area contributed by atoms with Gasteiger partial charge < -0.3 is 74.7 Å². The van der Waals surface area contributed by atoms with Crippen LogP contribution in [0.3, 0.4) is 0 Å². The van der Waals surface area contributed by atoms with Gasteiger partial charge in [0.05, 0.1) is 33.0 Å². The first-order valence-corrected chi connectivity index (χ1v) is 41.1. The zero-order chi connectivity index (χ0) is 91.9. The van der Waals surface area contributed by atoms with Crippen molar-refractivity contribution < 1.29 is 98.7 Å². The van der Waals surface area contributed by atoms with Crippen LogP contribution in [0, 0.1) is 0 Å². The predicted octanol–water partition coefficient (Wildman–Crippen LogP) is 22.9. The number of allylic oxidation sites excluding steroid dienone is 9. The number of ether oxygens (including phenoxy) is 5. The fourth-order valence-corrected chi connectivity index (χ4v) is 12.1. The Hall–Kier alpha value is -14.5. The number of carbonyl (C=O) groups is 5. The highest BCUT2D eigenvalue weighted by Gasteiger charge is 2.25. The summed E-state index contributed by atoms with van der Waals surface area (Å²) < 4.78 is 27.8. The molecule has 10 aromatic rings. The van der Waals surface area contributed by atoms with Crippen LogP contribution >= 0.6 is 0 Å².